The van der Waals surface area contributed by atoms with Crippen molar-refractivity contribution >= 4 is 39.8 Å². The van der Waals surface area contributed by atoms with Gasteiger partial charge in [0.1, 0.15) is 11.5 Å². The number of nitrogens with one attached hydrogen (secondary N) is 2. The number of halogens is 2. The Balaban J connectivity index is 1.96. The second-order valence-corrected chi connectivity index (χ2v) is 4.95. The molecule has 0 spiro atoms. The monoisotopic (exact) mass is 303 g/mol. The highest BCUT2D eigenvalue weighted by molar-refractivity contribution is 6.34. The Morgan fingerprint density at radius 2 is 2.00 bits per heavy atom. The van der Waals surface area contributed by atoms with Gasteiger partial charge in [0.05, 0.1) is 21.9 Å². The van der Waals surface area contributed by atoms with E-state index in [0.717, 1.165) is 5.39 Å². The van der Waals surface area contributed by atoms with Crippen molar-refractivity contribution in [1.82, 2.24) is 4.98 Å². The number of carbonyl (C=O) groups is 1. The maximum absolute atomic E-state index is 13.7. The van der Waals surface area contributed by atoms with Crippen molar-refractivity contribution in [3.8, 4) is 0 Å². The zero-order chi connectivity index (χ0) is 15.0. The molecular weight excluding hydrogens is 293 g/mol. The third-order valence-corrected chi connectivity index (χ3v) is 3.45. The Labute approximate surface area is 124 Å². The number of nitrogen functional groups attached to an aromatic ring is 1. The van der Waals surface area contributed by atoms with Crippen LogP contribution in [-0.4, -0.2) is 10.9 Å². The van der Waals surface area contributed by atoms with Crippen LogP contribution in [0.2, 0.25) is 5.02 Å². The molecule has 1 heterocycles. The van der Waals surface area contributed by atoms with Gasteiger partial charge in [0.2, 0.25) is 0 Å². The van der Waals surface area contributed by atoms with E-state index >= 15 is 0 Å². The number of para-hydroxylation sites is 2. The van der Waals surface area contributed by atoms with Gasteiger partial charge in [-0.15, -0.1) is 0 Å². The number of nitrogens with two attached hydrogens (primary N) is 1. The average Bonchev–Trinajstić information content (AvgIpc) is 2.88. The lowest BCUT2D eigenvalue weighted by atomic mass is 10.2. The molecule has 21 heavy (non-hydrogen) atoms. The summed E-state index contributed by atoms with van der Waals surface area (Å²) >= 11 is 5.88. The van der Waals surface area contributed by atoms with Crippen molar-refractivity contribution in [2.75, 3.05) is 11.1 Å². The standard InChI is InChI=1S/C15H11ClFN3O/c16-9-4-2-5-10(17)14(9)20-15(21)12-7-8-3-1-6-11(18)13(8)19-12/h1-7,19H,18H2,(H,20,21). The summed E-state index contributed by atoms with van der Waals surface area (Å²) in [6, 6.07) is 11.2. The lowest BCUT2D eigenvalue weighted by Crippen LogP contribution is -2.13. The first-order valence-corrected chi connectivity index (χ1v) is 6.56. The number of hydrogen-bond acceptors (Lipinski definition) is 2. The van der Waals surface area contributed by atoms with Crippen LogP contribution >= 0.6 is 11.6 Å². The molecule has 4 nitrogen and oxygen atoms in total. The van der Waals surface area contributed by atoms with Gasteiger partial charge in [-0.3, -0.25) is 4.79 Å². The fourth-order valence-electron chi connectivity index (χ4n) is 2.10. The minimum absolute atomic E-state index is 0.0456. The van der Waals surface area contributed by atoms with Crippen molar-refractivity contribution in [2.45, 2.75) is 0 Å². The van der Waals surface area contributed by atoms with E-state index in [-0.39, 0.29) is 16.4 Å². The number of fused-ring (bicyclic) bond motifs is 1. The first kappa shape index (κ1) is 13.5. The Kier molecular flexibility index (Phi) is 3.27. The third-order valence-electron chi connectivity index (χ3n) is 3.13. The fraction of sp³-hybridized carbons (Fsp3) is 0. The highest BCUT2D eigenvalue weighted by Crippen LogP contribution is 2.26. The summed E-state index contributed by atoms with van der Waals surface area (Å²) in [5.41, 5.74) is 7.27. The van der Waals surface area contributed by atoms with E-state index in [4.69, 9.17) is 17.3 Å². The van der Waals surface area contributed by atoms with E-state index in [0.29, 0.717) is 11.2 Å². The number of aromatic nitrogens is 1. The molecule has 106 valence electrons. The SMILES string of the molecule is Nc1cccc2cc(C(=O)Nc3c(F)cccc3Cl)[nH]c12. The van der Waals surface area contributed by atoms with E-state index in [9.17, 15) is 9.18 Å². The highest BCUT2D eigenvalue weighted by atomic mass is 35.5. The number of carbonyl (C=O) groups excluding carboxylic acids is 1. The predicted molar refractivity (Wildman–Crippen MR) is 82.1 cm³/mol. The Bertz CT molecular complexity index is 824. The fourth-order valence-corrected chi connectivity index (χ4v) is 2.31. The number of benzene rings is 2. The van der Waals surface area contributed by atoms with Crippen molar-refractivity contribution in [3.05, 3.63) is 59.0 Å². The second kappa shape index (κ2) is 5.10. The Morgan fingerprint density at radius 3 is 2.71 bits per heavy atom. The largest absolute Gasteiger partial charge is 0.397 e. The van der Waals surface area contributed by atoms with Gasteiger partial charge in [-0.05, 0) is 24.3 Å². The van der Waals surface area contributed by atoms with Gasteiger partial charge in [-0.25, -0.2) is 4.39 Å². The van der Waals surface area contributed by atoms with Crippen LogP contribution in [0, 0.1) is 5.82 Å². The van der Waals surface area contributed by atoms with Crippen LogP contribution < -0.4 is 11.1 Å². The number of amides is 1. The van der Waals surface area contributed by atoms with Crippen LogP contribution in [-0.2, 0) is 0 Å². The van der Waals surface area contributed by atoms with Crippen LogP contribution in [0.1, 0.15) is 10.5 Å². The topological polar surface area (TPSA) is 70.9 Å². The normalized spacial score (nSPS) is 10.8. The maximum atomic E-state index is 13.7. The smallest absolute Gasteiger partial charge is 0.272 e. The van der Waals surface area contributed by atoms with Gasteiger partial charge in [0.25, 0.3) is 5.91 Å². The molecule has 2 aromatic carbocycles. The van der Waals surface area contributed by atoms with Gasteiger partial charge in [0.15, 0.2) is 0 Å². The molecule has 3 aromatic rings. The molecule has 0 atom stereocenters. The molecule has 0 unspecified atom stereocenters. The van der Waals surface area contributed by atoms with Gasteiger partial charge >= 0.3 is 0 Å². The van der Waals surface area contributed by atoms with E-state index in [1.54, 1.807) is 18.2 Å². The van der Waals surface area contributed by atoms with E-state index in [2.05, 4.69) is 10.3 Å². The van der Waals surface area contributed by atoms with Crippen molar-refractivity contribution < 1.29 is 9.18 Å². The number of aromatic amines is 1. The summed E-state index contributed by atoms with van der Waals surface area (Å²) < 4.78 is 13.7. The Hall–Kier alpha value is -2.53. The molecule has 3 rings (SSSR count). The molecule has 0 saturated heterocycles. The summed E-state index contributed by atoms with van der Waals surface area (Å²) in [5.74, 6) is -1.08. The number of hydrogen-bond donors (Lipinski definition) is 3. The first-order valence-electron chi connectivity index (χ1n) is 6.19. The third kappa shape index (κ3) is 2.43. The van der Waals surface area contributed by atoms with Gasteiger partial charge in [-0.1, -0.05) is 29.8 Å². The molecule has 0 fully saturated rings. The zero-order valence-corrected chi connectivity index (χ0v) is 11.5. The highest BCUT2D eigenvalue weighted by Gasteiger charge is 2.14. The summed E-state index contributed by atoms with van der Waals surface area (Å²) in [4.78, 5) is 15.1. The molecular formula is C15H11ClFN3O. The molecule has 0 bridgehead atoms. The van der Waals surface area contributed by atoms with Crippen LogP contribution in [0.25, 0.3) is 10.9 Å². The van der Waals surface area contributed by atoms with Crippen molar-refractivity contribution in [2.24, 2.45) is 0 Å². The van der Waals surface area contributed by atoms with Crippen molar-refractivity contribution in [3.63, 3.8) is 0 Å². The minimum Gasteiger partial charge on any atom is -0.397 e. The van der Waals surface area contributed by atoms with Crippen molar-refractivity contribution in [1.29, 1.82) is 0 Å². The summed E-state index contributed by atoms with van der Waals surface area (Å²) in [7, 11) is 0. The molecule has 1 aromatic heterocycles. The number of anilines is 2. The molecule has 0 radical (unpaired) electrons. The van der Waals surface area contributed by atoms with Gasteiger partial charge < -0.3 is 16.0 Å². The lowest BCUT2D eigenvalue weighted by Gasteiger charge is -2.06. The maximum Gasteiger partial charge on any atom is 0.272 e. The van der Waals surface area contributed by atoms with Gasteiger partial charge in [-0.2, -0.15) is 0 Å². The summed E-state index contributed by atoms with van der Waals surface area (Å²) in [6.07, 6.45) is 0. The summed E-state index contributed by atoms with van der Waals surface area (Å²) in [6.45, 7) is 0. The number of H-pyrrole nitrogens is 1. The Morgan fingerprint density at radius 1 is 1.24 bits per heavy atom. The van der Waals surface area contributed by atoms with Crippen LogP contribution in [0.5, 0.6) is 0 Å². The lowest BCUT2D eigenvalue weighted by molar-refractivity contribution is 0.102. The second-order valence-electron chi connectivity index (χ2n) is 4.55. The average molecular weight is 304 g/mol. The molecule has 0 saturated carbocycles. The molecule has 1 amide bonds. The van der Waals surface area contributed by atoms with Gasteiger partial charge in [0, 0.05) is 5.39 Å². The van der Waals surface area contributed by atoms with Crippen LogP contribution in [0.15, 0.2) is 42.5 Å². The first-order chi connectivity index (χ1) is 10.1. The van der Waals surface area contributed by atoms with Crippen LogP contribution in [0.4, 0.5) is 15.8 Å². The minimum atomic E-state index is -0.591. The quantitative estimate of drug-likeness (QED) is 0.630. The molecule has 4 N–H and O–H groups in total. The zero-order valence-electron chi connectivity index (χ0n) is 10.8. The predicted octanol–water partition coefficient (Wildman–Crippen LogP) is 3.79. The molecule has 0 aliphatic heterocycles. The van der Waals surface area contributed by atoms with E-state index < -0.39 is 11.7 Å². The number of rotatable bonds is 2. The molecule has 0 aliphatic carbocycles. The molecule has 0 aliphatic rings. The van der Waals surface area contributed by atoms with E-state index in [1.165, 1.54) is 18.2 Å². The van der Waals surface area contributed by atoms with Crippen LogP contribution in [0.3, 0.4) is 0 Å². The molecule has 6 heteroatoms. The van der Waals surface area contributed by atoms with E-state index in [1.807, 2.05) is 6.07 Å². The summed E-state index contributed by atoms with van der Waals surface area (Å²) in [5, 5.41) is 3.40.